The normalized spacial score (nSPS) is 15.1. The molecule has 0 aliphatic heterocycles. The first-order chi connectivity index (χ1) is 6.06. The van der Waals surface area contributed by atoms with E-state index in [1.54, 1.807) is 0 Å². The summed E-state index contributed by atoms with van der Waals surface area (Å²) in [6, 6.07) is 0. The zero-order valence-electron chi connectivity index (χ0n) is 9.30. The van der Waals surface area contributed by atoms with Crippen molar-refractivity contribution in [3.8, 4) is 0 Å². The molecule has 0 aliphatic carbocycles. The van der Waals surface area contributed by atoms with Crippen LogP contribution in [0.25, 0.3) is 0 Å². The van der Waals surface area contributed by atoms with E-state index in [0.717, 1.165) is 12.3 Å². The van der Waals surface area contributed by atoms with E-state index in [2.05, 4.69) is 20.8 Å². The van der Waals surface area contributed by atoms with Gasteiger partial charge in [0.1, 0.15) is 0 Å². The highest BCUT2D eigenvalue weighted by molar-refractivity contribution is 5.65. The van der Waals surface area contributed by atoms with E-state index in [-0.39, 0.29) is 5.97 Å². The fourth-order valence-corrected chi connectivity index (χ4v) is 1.38. The van der Waals surface area contributed by atoms with Gasteiger partial charge < -0.3 is 4.74 Å². The second-order valence-corrected chi connectivity index (χ2v) is 3.98. The molecule has 0 aliphatic rings. The summed E-state index contributed by atoms with van der Waals surface area (Å²) < 4.78 is 4.89. The van der Waals surface area contributed by atoms with E-state index < -0.39 is 0 Å². The molecule has 0 aromatic heterocycles. The highest BCUT2D eigenvalue weighted by atomic mass is 16.5. The lowest BCUT2D eigenvalue weighted by atomic mass is 9.93. The van der Waals surface area contributed by atoms with Crippen LogP contribution in [0.2, 0.25) is 0 Å². The average molecular weight is 186 g/mol. The van der Waals surface area contributed by atoms with Gasteiger partial charge in [0.2, 0.25) is 0 Å². The van der Waals surface area contributed by atoms with Gasteiger partial charge in [-0.15, -0.1) is 0 Å². The van der Waals surface area contributed by atoms with E-state index >= 15 is 0 Å². The molecule has 2 atom stereocenters. The number of esters is 1. The molecule has 0 N–H and O–H groups in total. The third-order valence-corrected chi connectivity index (χ3v) is 2.42. The first-order valence-electron chi connectivity index (χ1n) is 5.19. The highest BCUT2D eigenvalue weighted by Crippen LogP contribution is 2.17. The Kier molecular flexibility index (Phi) is 6.65. The van der Waals surface area contributed by atoms with Gasteiger partial charge in [0.05, 0.1) is 6.61 Å². The molecule has 0 heterocycles. The third kappa shape index (κ3) is 7.82. The lowest BCUT2D eigenvalue weighted by molar-refractivity contribution is -0.141. The molecule has 2 unspecified atom stereocenters. The SMILES string of the molecule is CCC(C)CC(C)CCOC(C)=O. The van der Waals surface area contributed by atoms with Gasteiger partial charge >= 0.3 is 5.97 Å². The van der Waals surface area contributed by atoms with Crippen molar-refractivity contribution >= 4 is 5.97 Å². The van der Waals surface area contributed by atoms with Crippen LogP contribution in [0.1, 0.15) is 47.0 Å². The zero-order valence-corrected chi connectivity index (χ0v) is 9.30. The van der Waals surface area contributed by atoms with Crippen molar-refractivity contribution in [3.63, 3.8) is 0 Å². The van der Waals surface area contributed by atoms with E-state index in [9.17, 15) is 4.79 Å². The molecule has 0 aromatic rings. The van der Waals surface area contributed by atoms with Crippen LogP contribution in [0.5, 0.6) is 0 Å². The maximum atomic E-state index is 10.5. The smallest absolute Gasteiger partial charge is 0.302 e. The van der Waals surface area contributed by atoms with E-state index in [4.69, 9.17) is 4.74 Å². The molecule has 0 aromatic carbocycles. The van der Waals surface area contributed by atoms with Gasteiger partial charge in [-0.2, -0.15) is 0 Å². The summed E-state index contributed by atoms with van der Waals surface area (Å²) in [5.74, 6) is 1.28. The van der Waals surface area contributed by atoms with Crippen LogP contribution in [-0.2, 0) is 9.53 Å². The van der Waals surface area contributed by atoms with Crippen molar-refractivity contribution in [3.05, 3.63) is 0 Å². The van der Waals surface area contributed by atoms with Gasteiger partial charge in [0.25, 0.3) is 0 Å². The van der Waals surface area contributed by atoms with Crippen molar-refractivity contribution in [2.45, 2.75) is 47.0 Å². The van der Waals surface area contributed by atoms with Crippen LogP contribution >= 0.6 is 0 Å². The summed E-state index contributed by atoms with van der Waals surface area (Å²) in [5, 5.41) is 0. The second-order valence-electron chi connectivity index (χ2n) is 3.98. The molecular weight excluding hydrogens is 164 g/mol. The number of carbonyl (C=O) groups excluding carboxylic acids is 1. The van der Waals surface area contributed by atoms with Crippen LogP contribution < -0.4 is 0 Å². The van der Waals surface area contributed by atoms with Gasteiger partial charge in [-0.05, 0) is 24.7 Å². The standard InChI is InChI=1S/C11H22O2/c1-5-9(2)8-10(3)6-7-13-11(4)12/h9-10H,5-8H2,1-4H3. The molecule has 13 heavy (non-hydrogen) atoms. The summed E-state index contributed by atoms with van der Waals surface area (Å²) in [7, 11) is 0. The van der Waals surface area contributed by atoms with E-state index in [1.807, 2.05) is 0 Å². The van der Waals surface area contributed by atoms with Crippen molar-refractivity contribution in [1.82, 2.24) is 0 Å². The van der Waals surface area contributed by atoms with Gasteiger partial charge in [-0.25, -0.2) is 0 Å². The van der Waals surface area contributed by atoms with Crippen LogP contribution in [0.15, 0.2) is 0 Å². The van der Waals surface area contributed by atoms with Crippen molar-refractivity contribution in [2.75, 3.05) is 6.61 Å². The molecule has 0 spiro atoms. The summed E-state index contributed by atoms with van der Waals surface area (Å²) in [6.07, 6.45) is 3.46. The number of hydrogen-bond donors (Lipinski definition) is 0. The van der Waals surface area contributed by atoms with Crippen LogP contribution in [-0.4, -0.2) is 12.6 Å². The van der Waals surface area contributed by atoms with Crippen LogP contribution in [0.3, 0.4) is 0 Å². The molecule has 0 radical (unpaired) electrons. The Morgan fingerprint density at radius 1 is 1.31 bits per heavy atom. The maximum absolute atomic E-state index is 10.5. The summed E-state index contributed by atoms with van der Waals surface area (Å²) >= 11 is 0. The Balaban J connectivity index is 3.39. The zero-order chi connectivity index (χ0) is 10.3. The fraction of sp³-hybridized carbons (Fsp3) is 0.909. The molecule has 0 saturated carbocycles. The largest absolute Gasteiger partial charge is 0.466 e. The highest BCUT2D eigenvalue weighted by Gasteiger charge is 2.07. The Bertz CT molecular complexity index is 143. The van der Waals surface area contributed by atoms with E-state index in [0.29, 0.717) is 12.5 Å². The molecular formula is C11H22O2. The number of carbonyl (C=O) groups is 1. The number of rotatable bonds is 6. The van der Waals surface area contributed by atoms with Crippen molar-refractivity contribution in [1.29, 1.82) is 0 Å². The lowest BCUT2D eigenvalue weighted by Crippen LogP contribution is -2.08. The molecule has 78 valence electrons. The van der Waals surface area contributed by atoms with Gasteiger partial charge in [0.15, 0.2) is 0 Å². The average Bonchev–Trinajstić information content (AvgIpc) is 2.03. The maximum Gasteiger partial charge on any atom is 0.302 e. The second kappa shape index (κ2) is 6.93. The van der Waals surface area contributed by atoms with E-state index in [1.165, 1.54) is 19.8 Å². The molecule has 0 bridgehead atoms. The quantitative estimate of drug-likeness (QED) is 0.596. The Labute approximate surface area is 81.7 Å². The molecule has 2 heteroatoms. The van der Waals surface area contributed by atoms with Crippen molar-refractivity contribution in [2.24, 2.45) is 11.8 Å². The Morgan fingerprint density at radius 2 is 1.92 bits per heavy atom. The topological polar surface area (TPSA) is 26.3 Å². The fourth-order valence-electron chi connectivity index (χ4n) is 1.38. The summed E-state index contributed by atoms with van der Waals surface area (Å²) in [5.41, 5.74) is 0. The molecule has 0 fully saturated rings. The molecule has 0 saturated heterocycles. The first kappa shape index (κ1) is 12.5. The third-order valence-electron chi connectivity index (χ3n) is 2.42. The number of ether oxygens (including phenoxy) is 1. The summed E-state index contributed by atoms with van der Waals surface area (Å²) in [4.78, 5) is 10.5. The molecule has 0 amide bonds. The molecule has 2 nitrogen and oxygen atoms in total. The minimum absolute atomic E-state index is 0.171. The molecule has 0 rings (SSSR count). The Hall–Kier alpha value is -0.530. The Morgan fingerprint density at radius 3 is 2.38 bits per heavy atom. The van der Waals surface area contributed by atoms with Crippen molar-refractivity contribution < 1.29 is 9.53 Å². The van der Waals surface area contributed by atoms with Gasteiger partial charge in [-0.3, -0.25) is 4.79 Å². The minimum atomic E-state index is -0.171. The lowest BCUT2D eigenvalue weighted by Gasteiger charge is -2.15. The van der Waals surface area contributed by atoms with Crippen LogP contribution in [0.4, 0.5) is 0 Å². The van der Waals surface area contributed by atoms with Gasteiger partial charge in [-0.1, -0.05) is 27.2 Å². The minimum Gasteiger partial charge on any atom is -0.466 e. The first-order valence-corrected chi connectivity index (χ1v) is 5.19. The number of hydrogen-bond acceptors (Lipinski definition) is 2. The predicted octanol–water partition coefficient (Wildman–Crippen LogP) is 3.01. The predicted molar refractivity (Wildman–Crippen MR) is 54.5 cm³/mol. The summed E-state index contributed by atoms with van der Waals surface area (Å²) in [6.45, 7) is 8.73. The van der Waals surface area contributed by atoms with Gasteiger partial charge in [0, 0.05) is 6.92 Å². The monoisotopic (exact) mass is 186 g/mol. The van der Waals surface area contributed by atoms with Crippen LogP contribution in [0, 0.1) is 11.8 Å².